The summed E-state index contributed by atoms with van der Waals surface area (Å²) in [4.78, 5) is 33.6. The van der Waals surface area contributed by atoms with Gasteiger partial charge in [-0.05, 0) is 30.5 Å². The molecule has 10 nitrogen and oxygen atoms in total. The quantitative estimate of drug-likeness (QED) is 0.375. The number of hydrogen-bond acceptors (Lipinski definition) is 6. The maximum Gasteiger partial charge on any atom is 0.407 e. The summed E-state index contributed by atoms with van der Waals surface area (Å²) in [5.41, 5.74) is 8.35. The molecule has 1 saturated heterocycles. The molecule has 1 aliphatic rings. The van der Waals surface area contributed by atoms with Crippen LogP contribution in [0.4, 0.5) is 19.4 Å². The van der Waals surface area contributed by atoms with Crippen molar-refractivity contribution in [1.82, 2.24) is 30.0 Å². The van der Waals surface area contributed by atoms with Gasteiger partial charge < -0.3 is 21.1 Å². The van der Waals surface area contributed by atoms with Crippen molar-refractivity contribution < 1.29 is 23.5 Å². The highest BCUT2D eigenvalue weighted by Crippen LogP contribution is 2.33. The van der Waals surface area contributed by atoms with Gasteiger partial charge in [0.1, 0.15) is 17.8 Å². The number of carboxylic acid groups (broad SMARTS) is 1. The largest absolute Gasteiger partial charge is 0.465 e. The van der Waals surface area contributed by atoms with Crippen molar-refractivity contribution in [3.05, 3.63) is 71.6 Å². The van der Waals surface area contributed by atoms with Gasteiger partial charge >= 0.3 is 6.09 Å². The number of aromatic nitrogens is 4. The van der Waals surface area contributed by atoms with Crippen molar-refractivity contribution >= 4 is 28.9 Å². The van der Waals surface area contributed by atoms with E-state index in [1.165, 1.54) is 23.4 Å². The van der Waals surface area contributed by atoms with Crippen LogP contribution in [0.3, 0.4) is 0 Å². The van der Waals surface area contributed by atoms with E-state index in [4.69, 9.17) is 10.8 Å². The van der Waals surface area contributed by atoms with Gasteiger partial charge in [0.15, 0.2) is 17.3 Å². The predicted molar refractivity (Wildman–Crippen MR) is 131 cm³/mol. The normalized spacial score (nSPS) is 15.6. The van der Waals surface area contributed by atoms with Gasteiger partial charge in [0.2, 0.25) is 0 Å². The minimum Gasteiger partial charge on any atom is -0.465 e. The number of nitrogens with two attached hydrogens (primary N) is 1. The Balaban J connectivity index is 1.39. The summed E-state index contributed by atoms with van der Waals surface area (Å²) in [7, 11) is 0. The fourth-order valence-corrected chi connectivity index (χ4v) is 4.52. The van der Waals surface area contributed by atoms with E-state index in [1.54, 1.807) is 28.9 Å². The molecule has 37 heavy (non-hydrogen) atoms. The number of nitrogens with one attached hydrogen (secondary N) is 1. The first-order chi connectivity index (χ1) is 17.8. The number of amides is 2. The molecule has 0 radical (unpaired) electrons. The maximum absolute atomic E-state index is 13.9. The molecule has 2 amide bonds. The number of anilines is 1. The number of carbonyl (C=O) groups is 2. The first kappa shape index (κ1) is 24.1. The molecular formula is C25H23F2N7O3. The van der Waals surface area contributed by atoms with Gasteiger partial charge in [0.05, 0.1) is 17.0 Å². The first-order valence-electron chi connectivity index (χ1n) is 11.6. The van der Waals surface area contributed by atoms with Crippen molar-refractivity contribution in [2.45, 2.75) is 25.4 Å². The Morgan fingerprint density at radius 3 is 2.68 bits per heavy atom. The highest BCUT2D eigenvalue weighted by molar-refractivity contribution is 5.98. The molecule has 0 bridgehead atoms. The van der Waals surface area contributed by atoms with Gasteiger partial charge in [-0.1, -0.05) is 30.3 Å². The summed E-state index contributed by atoms with van der Waals surface area (Å²) in [6.45, 7) is 0.863. The SMILES string of the molecule is Nc1ncnc2c1c(-c1ccc(CNC(=O)c3cccc(F)c3F)cc1)nn2[C@@H]1CCCN(C(=O)O)C1. The molecule has 2 aromatic heterocycles. The molecule has 1 fully saturated rings. The van der Waals surface area contributed by atoms with Crippen LogP contribution in [-0.2, 0) is 6.54 Å². The average Bonchev–Trinajstić information content (AvgIpc) is 3.30. The highest BCUT2D eigenvalue weighted by Gasteiger charge is 2.28. The number of nitrogen functional groups attached to an aromatic ring is 1. The molecular weight excluding hydrogens is 484 g/mol. The second-order valence-corrected chi connectivity index (χ2v) is 8.76. The Labute approximate surface area is 209 Å². The van der Waals surface area contributed by atoms with Gasteiger partial charge in [0, 0.05) is 25.2 Å². The molecule has 12 heteroatoms. The Kier molecular flexibility index (Phi) is 6.38. The number of likely N-dealkylation sites (tertiary alicyclic amines) is 1. The number of halogens is 2. The summed E-state index contributed by atoms with van der Waals surface area (Å²) < 4.78 is 29.0. The maximum atomic E-state index is 13.9. The smallest absolute Gasteiger partial charge is 0.407 e. The number of fused-ring (bicyclic) bond motifs is 1. The van der Waals surface area contributed by atoms with Gasteiger partial charge in [-0.2, -0.15) is 5.10 Å². The topological polar surface area (TPSA) is 139 Å². The summed E-state index contributed by atoms with van der Waals surface area (Å²) in [6, 6.07) is 10.4. The molecule has 190 valence electrons. The third-order valence-electron chi connectivity index (χ3n) is 6.41. The molecule has 4 aromatic rings. The lowest BCUT2D eigenvalue weighted by molar-refractivity contribution is 0.0945. The van der Waals surface area contributed by atoms with Gasteiger partial charge in [-0.3, -0.25) is 4.79 Å². The fourth-order valence-electron chi connectivity index (χ4n) is 4.52. The van der Waals surface area contributed by atoms with Crippen molar-refractivity contribution in [3.8, 4) is 11.3 Å². The van der Waals surface area contributed by atoms with E-state index < -0.39 is 23.6 Å². The standard InChI is InChI=1S/C25H23F2N7O3/c26-18-5-1-4-17(20(18)27)24(35)29-11-14-6-8-15(9-7-14)21-19-22(28)30-13-31-23(19)34(32-21)16-3-2-10-33(12-16)25(36)37/h1,4-9,13,16H,2-3,10-12H2,(H,29,35)(H,36,37)(H2,28,30,31)/t16-/m1/s1. The molecule has 0 spiro atoms. The third-order valence-corrected chi connectivity index (χ3v) is 6.41. The Bertz CT molecular complexity index is 1490. The number of piperidine rings is 1. The van der Waals surface area contributed by atoms with Crippen LogP contribution in [0.15, 0.2) is 48.8 Å². The van der Waals surface area contributed by atoms with Crippen molar-refractivity contribution in [3.63, 3.8) is 0 Å². The molecule has 3 heterocycles. The number of carbonyl (C=O) groups excluding carboxylic acids is 1. The average molecular weight is 508 g/mol. The van der Waals surface area contributed by atoms with Crippen LogP contribution >= 0.6 is 0 Å². The fraction of sp³-hybridized carbons (Fsp3) is 0.240. The van der Waals surface area contributed by atoms with Crippen LogP contribution in [-0.4, -0.2) is 54.8 Å². The summed E-state index contributed by atoms with van der Waals surface area (Å²) in [5.74, 6) is -2.75. The van der Waals surface area contributed by atoms with Gasteiger partial charge in [-0.15, -0.1) is 0 Å². The third kappa shape index (κ3) is 4.65. The zero-order valence-electron chi connectivity index (χ0n) is 19.6. The number of nitrogens with zero attached hydrogens (tertiary/aromatic N) is 5. The van der Waals surface area contributed by atoms with E-state index in [1.807, 2.05) is 0 Å². The zero-order chi connectivity index (χ0) is 26.1. The van der Waals surface area contributed by atoms with Crippen LogP contribution in [0.5, 0.6) is 0 Å². The van der Waals surface area contributed by atoms with E-state index in [0.29, 0.717) is 36.2 Å². The Morgan fingerprint density at radius 2 is 1.92 bits per heavy atom. The molecule has 4 N–H and O–H groups in total. The van der Waals surface area contributed by atoms with E-state index in [0.717, 1.165) is 23.6 Å². The van der Waals surface area contributed by atoms with Crippen LogP contribution < -0.4 is 11.1 Å². The minimum absolute atomic E-state index is 0.0998. The van der Waals surface area contributed by atoms with Crippen molar-refractivity contribution in [1.29, 1.82) is 0 Å². The predicted octanol–water partition coefficient (Wildman–Crippen LogP) is 3.60. The molecule has 5 rings (SSSR count). The van der Waals surface area contributed by atoms with E-state index in [2.05, 4.69) is 15.3 Å². The monoisotopic (exact) mass is 507 g/mol. The number of hydrogen-bond donors (Lipinski definition) is 3. The minimum atomic E-state index is -1.19. The van der Waals surface area contributed by atoms with Crippen molar-refractivity contribution in [2.24, 2.45) is 0 Å². The molecule has 0 unspecified atom stereocenters. The van der Waals surface area contributed by atoms with Crippen LogP contribution in [0.2, 0.25) is 0 Å². The molecule has 0 aliphatic carbocycles. The number of rotatable bonds is 5. The molecule has 2 aromatic carbocycles. The van der Waals surface area contributed by atoms with Crippen LogP contribution in [0, 0.1) is 11.6 Å². The Hall–Kier alpha value is -4.61. The summed E-state index contributed by atoms with van der Waals surface area (Å²) >= 11 is 0. The molecule has 1 atom stereocenters. The summed E-state index contributed by atoms with van der Waals surface area (Å²) in [5, 5.41) is 17.3. The van der Waals surface area contributed by atoms with E-state index in [-0.39, 0.29) is 24.0 Å². The van der Waals surface area contributed by atoms with E-state index in [9.17, 15) is 23.5 Å². The molecule has 1 aliphatic heterocycles. The van der Waals surface area contributed by atoms with E-state index >= 15 is 0 Å². The summed E-state index contributed by atoms with van der Waals surface area (Å²) in [6.07, 6.45) is 1.83. The zero-order valence-corrected chi connectivity index (χ0v) is 19.6. The lowest BCUT2D eigenvalue weighted by Crippen LogP contribution is -2.40. The second-order valence-electron chi connectivity index (χ2n) is 8.76. The number of benzene rings is 2. The van der Waals surface area contributed by atoms with Gasteiger partial charge in [-0.25, -0.2) is 28.2 Å². The highest BCUT2D eigenvalue weighted by atomic mass is 19.2. The van der Waals surface area contributed by atoms with Crippen LogP contribution in [0.1, 0.15) is 34.8 Å². The lowest BCUT2D eigenvalue weighted by Gasteiger charge is -2.30. The first-order valence-corrected chi connectivity index (χ1v) is 11.6. The Morgan fingerprint density at radius 1 is 1.14 bits per heavy atom. The second kappa shape index (κ2) is 9.80. The van der Waals surface area contributed by atoms with Crippen LogP contribution in [0.25, 0.3) is 22.3 Å². The molecule has 0 saturated carbocycles. The lowest BCUT2D eigenvalue weighted by atomic mass is 10.1. The van der Waals surface area contributed by atoms with Gasteiger partial charge in [0.25, 0.3) is 5.91 Å². The van der Waals surface area contributed by atoms with Crippen molar-refractivity contribution in [2.75, 3.05) is 18.8 Å².